The number of benzene rings is 1. The van der Waals surface area contributed by atoms with Gasteiger partial charge in [-0.15, -0.1) is 0 Å². The van der Waals surface area contributed by atoms with Crippen LogP contribution in [0.25, 0.3) is 0 Å². The summed E-state index contributed by atoms with van der Waals surface area (Å²) in [7, 11) is 0. The fourth-order valence-corrected chi connectivity index (χ4v) is 1.97. The zero-order chi connectivity index (χ0) is 14.1. The molecule has 1 fully saturated rings. The lowest BCUT2D eigenvalue weighted by Crippen LogP contribution is -2.40. The molecule has 2 rings (SSSR count). The maximum atomic E-state index is 12.4. The third-order valence-corrected chi connectivity index (χ3v) is 3.22. The van der Waals surface area contributed by atoms with Crippen molar-refractivity contribution in [1.29, 1.82) is 0 Å². The SMILES string of the molecule is CC(O)(CNC1CC1)Cc1ccc(C(F)(F)F)cc1. The number of aliphatic hydroxyl groups is 1. The van der Waals surface area contributed by atoms with Crippen LogP contribution in [0.2, 0.25) is 0 Å². The van der Waals surface area contributed by atoms with Crippen LogP contribution in [0, 0.1) is 0 Å². The lowest BCUT2D eigenvalue weighted by molar-refractivity contribution is -0.137. The fraction of sp³-hybridized carbons (Fsp3) is 0.571. The minimum absolute atomic E-state index is 0.338. The first kappa shape index (κ1) is 14.3. The summed E-state index contributed by atoms with van der Waals surface area (Å²) in [5.74, 6) is 0. The molecule has 1 unspecified atom stereocenters. The molecule has 0 aromatic heterocycles. The highest BCUT2D eigenvalue weighted by Gasteiger charge is 2.30. The van der Waals surface area contributed by atoms with Crippen LogP contribution in [-0.4, -0.2) is 23.3 Å². The molecule has 2 N–H and O–H groups in total. The second-order valence-electron chi connectivity index (χ2n) is 5.52. The van der Waals surface area contributed by atoms with E-state index in [2.05, 4.69) is 5.32 Å². The number of halogens is 3. The van der Waals surface area contributed by atoms with Gasteiger partial charge in [0, 0.05) is 19.0 Å². The Balaban J connectivity index is 1.93. The van der Waals surface area contributed by atoms with Crippen molar-refractivity contribution in [3.05, 3.63) is 35.4 Å². The molecule has 0 heterocycles. The lowest BCUT2D eigenvalue weighted by atomic mass is 9.95. The molecule has 0 amide bonds. The van der Waals surface area contributed by atoms with Crippen molar-refractivity contribution in [1.82, 2.24) is 5.32 Å². The molecular weight excluding hydrogens is 255 g/mol. The second-order valence-corrected chi connectivity index (χ2v) is 5.52. The topological polar surface area (TPSA) is 32.3 Å². The van der Waals surface area contributed by atoms with Crippen LogP contribution < -0.4 is 5.32 Å². The van der Waals surface area contributed by atoms with Gasteiger partial charge in [-0.05, 0) is 37.5 Å². The summed E-state index contributed by atoms with van der Waals surface area (Å²) < 4.78 is 37.2. The molecule has 1 aromatic rings. The largest absolute Gasteiger partial charge is 0.416 e. The van der Waals surface area contributed by atoms with Gasteiger partial charge in [0.05, 0.1) is 11.2 Å². The molecule has 0 aliphatic heterocycles. The van der Waals surface area contributed by atoms with E-state index in [0.717, 1.165) is 25.0 Å². The first-order valence-electron chi connectivity index (χ1n) is 6.38. The second kappa shape index (κ2) is 5.13. The lowest BCUT2D eigenvalue weighted by Gasteiger charge is -2.24. The molecule has 106 valence electrons. The van der Waals surface area contributed by atoms with E-state index >= 15 is 0 Å². The summed E-state index contributed by atoms with van der Waals surface area (Å²) in [6.45, 7) is 2.15. The molecule has 1 saturated carbocycles. The summed E-state index contributed by atoms with van der Waals surface area (Å²) in [6, 6.07) is 5.46. The highest BCUT2D eigenvalue weighted by atomic mass is 19.4. The summed E-state index contributed by atoms with van der Waals surface area (Å²) in [4.78, 5) is 0. The van der Waals surface area contributed by atoms with Crippen molar-refractivity contribution in [3.63, 3.8) is 0 Å². The smallest absolute Gasteiger partial charge is 0.389 e. The van der Waals surface area contributed by atoms with Crippen molar-refractivity contribution < 1.29 is 18.3 Å². The Kier molecular flexibility index (Phi) is 3.87. The van der Waals surface area contributed by atoms with E-state index < -0.39 is 17.3 Å². The summed E-state index contributed by atoms with van der Waals surface area (Å²) in [6.07, 6.45) is -1.70. The third-order valence-electron chi connectivity index (χ3n) is 3.22. The van der Waals surface area contributed by atoms with Crippen LogP contribution in [0.5, 0.6) is 0 Å². The molecular formula is C14H18F3NO. The van der Waals surface area contributed by atoms with E-state index in [4.69, 9.17) is 0 Å². The van der Waals surface area contributed by atoms with Crippen LogP contribution in [0.4, 0.5) is 13.2 Å². The standard InChI is InChI=1S/C14H18F3NO/c1-13(19,9-18-12-6-7-12)8-10-2-4-11(5-3-10)14(15,16)17/h2-5,12,18-19H,6-9H2,1H3. The molecule has 0 spiro atoms. The highest BCUT2D eigenvalue weighted by molar-refractivity contribution is 5.25. The van der Waals surface area contributed by atoms with Crippen LogP contribution in [0.1, 0.15) is 30.9 Å². The number of alkyl halides is 3. The molecule has 1 atom stereocenters. The molecule has 19 heavy (non-hydrogen) atoms. The first-order valence-corrected chi connectivity index (χ1v) is 6.38. The predicted octanol–water partition coefficient (Wildman–Crippen LogP) is 2.75. The van der Waals surface area contributed by atoms with Gasteiger partial charge < -0.3 is 10.4 Å². The summed E-state index contributed by atoms with van der Waals surface area (Å²) in [5.41, 5.74) is -0.898. The Bertz CT molecular complexity index is 421. The van der Waals surface area contributed by atoms with Gasteiger partial charge in [-0.1, -0.05) is 12.1 Å². The normalized spacial score (nSPS) is 19.2. The van der Waals surface area contributed by atoms with Gasteiger partial charge in [0.2, 0.25) is 0 Å². The maximum absolute atomic E-state index is 12.4. The van der Waals surface area contributed by atoms with Crippen molar-refractivity contribution in [3.8, 4) is 0 Å². The van der Waals surface area contributed by atoms with E-state index in [1.165, 1.54) is 12.1 Å². The monoisotopic (exact) mass is 273 g/mol. The number of rotatable bonds is 5. The van der Waals surface area contributed by atoms with Gasteiger partial charge in [-0.25, -0.2) is 0 Å². The number of hydrogen-bond donors (Lipinski definition) is 2. The van der Waals surface area contributed by atoms with E-state index in [9.17, 15) is 18.3 Å². The van der Waals surface area contributed by atoms with E-state index in [-0.39, 0.29) is 0 Å². The Morgan fingerprint density at radius 3 is 2.26 bits per heavy atom. The fourth-order valence-electron chi connectivity index (χ4n) is 1.97. The van der Waals surface area contributed by atoms with E-state index in [0.29, 0.717) is 24.6 Å². The average Bonchev–Trinajstić information content (AvgIpc) is 3.09. The maximum Gasteiger partial charge on any atom is 0.416 e. The zero-order valence-corrected chi connectivity index (χ0v) is 10.8. The van der Waals surface area contributed by atoms with Gasteiger partial charge in [-0.3, -0.25) is 0 Å². The predicted molar refractivity (Wildman–Crippen MR) is 66.8 cm³/mol. The molecule has 0 radical (unpaired) electrons. The molecule has 5 heteroatoms. The van der Waals surface area contributed by atoms with Crippen molar-refractivity contribution in [2.24, 2.45) is 0 Å². The molecule has 1 aliphatic rings. The van der Waals surface area contributed by atoms with Gasteiger partial charge in [0.1, 0.15) is 0 Å². The Labute approximate surface area is 110 Å². The highest BCUT2D eigenvalue weighted by Crippen LogP contribution is 2.29. The molecule has 2 nitrogen and oxygen atoms in total. The quantitative estimate of drug-likeness (QED) is 0.864. The Morgan fingerprint density at radius 2 is 1.79 bits per heavy atom. The van der Waals surface area contributed by atoms with Crippen LogP contribution >= 0.6 is 0 Å². The third kappa shape index (κ3) is 4.51. The van der Waals surface area contributed by atoms with Crippen molar-refractivity contribution in [2.45, 2.75) is 44.0 Å². The number of nitrogens with one attached hydrogen (secondary N) is 1. The van der Waals surface area contributed by atoms with Crippen molar-refractivity contribution >= 4 is 0 Å². The van der Waals surface area contributed by atoms with Crippen LogP contribution in [0.3, 0.4) is 0 Å². The van der Waals surface area contributed by atoms with E-state index in [1.807, 2.05) is 0 Å². The average molecular weight is 273 g/mol. The Morgan fingerprint density at radius 1 is 1.21 bits per heavy atom. The molecule has 0 bridgehead atoms. The molecule has 1 aliphatic carbocycles. The Hall–Kier alpha value is -1.07. The zero-order valence-electron chi connectivity index (χ0n) is 10.8. The number of hydrogen-bond acceptors (Lipinski definition) is 2. The van der Waals surface area contributed by atoms with Gasteiger partial charge in [0.15, 0.2) is 0 Å². The van der Waals surface area contributed by atoms with Gasteiger partial charge in [-0.2, -0.15) is 13.2 Å². The van der Waals surface area contributed by atoms with Gasteiger partial charge >= 0.3 is 6.18 Å². The van der Waals surface area contributed by atoms with Gasteiger partial charge in [0.25, 0.3) is 0 Å². The van der Waals surface area contributed by atoms with Crippen molar-refractivity contribution in [2.75, 3.05) is 6.54 Å². The van der Waals surface area contributed by atoms with Crippen LogP contribution in [0.15, 0.2) is 24.3 Å². The molecule has 1 aromatic carbocycles. The minimum atomic E-state index is -4.31. The minimum Gasteiger partial charge on any atom is -0.389 e. The first-order chi connectivity index (χ1) is 8.76. The summed E-state index contributed by atoms with van der Waals surface area (Å²) in [5, 5.41) is 13.4. The van der Waals surface area contributed by atoms with Crippen LogP contribution in [-0.2, 0) is 12.6 Å². The molecule has 0 saturated heterocycles. The van der Waals surface area contributed by atoms with E-state index in [1.54, 1.807) is 6.92 Å². The summed E-state index contributed by atoms with van der Waals surface area (Å²) >= 11 is 0.